The number of anilines is 1. The first-order chi connectivity index (χ1) is 12.3. The molecule has 0 aliphatic carbocycles. The molecule has 2 aromatic carbocycles. The number of ether oxygens (including phenoxy) is 1. The molecule has 138 valence electrons. The van der Waals surface area contributed by atoms with E-state index in [1.807, 2.05) is 6.92 Å². The zero-order valence-corrected chi connectivity index (χ0v) is 15.6. The van der Waals surface area contributed by atoms with Crippen LogP contribution in [0.5, 0.6) is 5.75 Å². The van der Waals surface area contributed by atoms with E-state index in [0.717, 1.165) is 5.56 Å². The normalized spacial score (nSPS) is 11.7. The number of benzene rings is 2. The molecule has 0 spiro atoms. The zero-order valence-electron chi connectivity index (χ0n) is 14.1. The summed E-state index contributed by atoms with van der Waals surface area (Å²) < 4.78 is 5.09. The number of nitrogens with zero attached hydrogens (tertiary/aromatic N) is 1. The first-order valence-corrected chi connectivity index (χ1v) is 8.38. The lowest BCUT2D eigenvalue weighted by atomic mass is 10.1. The predicted octanol–water partition coefficient (Wildman–Crippen LogP) is 4.20. The molecule has 26 heavy (non-hydrogen) atoms. The van der Waals surface area contributed by atoms with Crippen LogP contribution in [-0.2, 0) is 4.79 Å². The van der Waals surface area contributed by atoms with Gasteiger partial charge in [-0.3, -0.25) is 14.9 Å². The first-order valence-electron chi connectivity index (χ1n) is 7.62. The quantitative estimate of drug-likeness (QED) is 0.539. The van der Waals surface area contributed by atoms with E-state index in [0.29, 0.717) is 15.7 Å². The van der Waals surface area contributed by atoms with Gasteiger partial charge in [0, 0.05) is 22.2 Å². The zero-order chi connectivity index (χ0) is 19.3. The minimum atomic E-state index is -0.535. The van der Waals surface area contributed by atoms with Crippen LogP contribution in [0.25, 0.3) is 0 Å². The highest BCUT2D eigenvalue weighted by atomic mass is 35.5. The van der Waals surface area contributed by atoms with E-state index in [-0.39, 0.29) is 29.9 Å². The average molecular weight is 398 g/mol. The largest absolute Gasteiger partial charge is 0.494 e. The number of carbonyl (C=O) groups excluding carboxylic acids is 1. The van der Waals surface area contributed by atoms with Crippen molar-refractivity contribution in [1.29, 1.82) is 0 Å². The summed E-state index contributed by atoms with van der Waals surface area (Å²) in [7, 11) is 1.37. The highest BCUT2D eigenvalue weighted by Gasteiger charge is 2.15. The van der Waals surface area contributed by atoms with Gasteiger partial charge in [-0.15, -0.1) is 0 Å². The summed E-state index contributed by atoms with van der Waals surface area (Å²) in [4.78, 5) is 22.4. The molecule has 0 heterocycles. The number of carbonyl (C=O) groups is 1. The Labute approximate surface area is 160 Å². The van der Waals surface area contributed by atoms with Gasteiger partial charge >= 0.3 is 0 Å². The highest BCUT2D eigenvalue weighted by molar-refractivity contribution is 6.35. The summed E-state index contributed by atoms with van der Waals surface area (Å²) in [6, 6.07) is 8.94. The molecule has 0 saturated heterocycles. The van der Waals surface area contributed by atoms with Crippen LogP contribution < -0.4 is 15.4 Å². The van der Waals surface area contributed by atoms with Gasteiger partial charge in [0.05, 0.1) is 30.3 Å². The lowest BCUT2D eigenvalue weighted by molar-refractivity contribution is -0.384. The van der Waals surface area contributed by atoms with Gasteiger partial charge in [-0.25, -0.2) is 0 Å². The second-order valence-corrected chi connectivity index (χ2v) is 6.30. The van der Waals surface area contributed by atoms with Gasteiger partial charge in [-0.2, -0.15) is 0 Å². The summed E-state index contributed by atoms with van der Waals surface area (Å²) in [6.07, 6.45) is 0. The van der Waals surface area contributed by atoms with E-state index in [1.165, 1.54) is 25.3 Å². The molecule has 9 heteroatoms. The molecular formula is C17H17Cl2N3O4. The van der Waals surface area contributed by atoms with Crippen molar-refractivity contribution in [2.75, 3.05) is 19.0 Å². The maximum Gasteiger partial charge on any atom is 0.273 e. The van der Waals surface area contributed by atoms with E-state index < -0.39 is 4.92 Å². The van der Waals surface area contributed by atoms with Crippen molar-refractivity contribution in [1.82, 2.24) is 5.32 Å². The minimum Gasteiger partial charge on any atom is -0.494 e. The standard InChI is InChI=1S/C17H17Cl2N3O4/c1-10(13-5-3-11(18)7-14(13)19)20-9-17(23)21-15-6-4-12(22(24)25)8-16(15)26-2/h3-8,10,20H,9H2,1-2H3,(H,21,23)/t10-/m1/s1. The number of non-ortho nitro benzene ring substituents is 1. The smallest absolute Gasteiger partial charge is 0.273 e. The highest BCUT2D eigenvalue weighted by Crippen LogP contribution is 2.29. The number of nitrogens with one attached hydrogen (secondary N) is 2. The van der Waals surface area contributed by atoms with Gasteiger partial charge in [-0.05, 0) is 30.7 Å². The topological polar surface area (TPSA) is 93.5 Å². The van der Waals surface area contributed by atoms with Crippen LogP contribution in [0, 0.1) is 10.1 Å². The molecule has 0 aliphatic rings. The second-order valence-electron chi connectivity index (χ2n) is 5.46. The van der Waals surface area contributed by atoms with Crippen LogP contribution >= 0.6 is 23.2 Å². The average Bonchev–Trinajstić information content (AvgIpc) is 2.59. The predicted molar refractivity (Wildman–Crippen MR) is 101 cm³/mol. The molecule has 0 radical (unpaired) electrons. The number of amides is 1. The maximum absolute atomic E-state index is 12.2. The Kier molecular flexibility index (Phi) is 6.79. The van der Waals surface area contributed by atoms with Gasteiger partial charge in [0.2, 0.25) is 5.91 Å². The van der Waals surface area contributed by atoms with E-state index >= 15 is 0 Å². The van der Waals surface area contributed by atoms with E-state index in [2.05, 4.69) is 10.6 Å². The van der Waals surface area contributed by atoms with Crippen LogP contribution in [-0.4, -0.2) is 24.5 Å². The van der Waals surface area contributed by atoms with Crippen LogP contribution in [0.1, 0.15) is 18.5 Å². The van der Waals surface area contributed by atoms with Gasteiger partial charge in [0.25, 0.3) is 5.69 Å². The fourth-order valence-corrected chi connectivity index (χ4v) is 2.87. The number of halogens is 2. The van der Waals surface area contributed by atoms with Gasteiger partial charge in [0.15, 0.2) is 0 Å². The Bertz CT molecular complexity index is 830. The fraction of sp³-hybridized carbons (Fsp3) is 0.235. The Morgan fingerprint density at radius 1 is 1.27 bits per heavy atom. The van der Waals surface area contributed by atoms with Gasteiger partial charge in [-0.1, -0.05) is 29.3 Å². The van der Waals surface area contributed by atoms with Crippen molar-refractivity contribution in [3.8, 4) is 5.75 Å². The molecule has 1 atom stereocenters. The molecule has 7 nitrogen and oxygen atoms in total. The van der Waals surface area contributed by atoms with Crippen molar-refractivity contribution in [2.24, 2.45) is 0 Å². The van der Waals surface area contributed by atoms with E-state index in [1.54, 1.807) is 18.2 Å². The van der Waals surface area contributed by atoms with E-state index in [9.17, 15) is 14.9 Å². The lowest BCUT2D eigenvalue weighted by Gasteiger charge is -2.16. The van der Waals surface area contributed by atoms with Gasteiger partial charge < -0.3 is 15.4 Å². The van der Waals surface area contributed by atoms with Crippen molar-refractivity contribution >= 4 is 40.5 Å². The van der Waals surface area contributed by atoms with Crippen LogP contribution in [0.15, 0.2) is 36.4 Å². The summed E-state index contributed by atoms with van der Waals surface area (Å²) in [6.45, 7) is 1.88. The lowest BCUT2D eigenvalue weighted by Crippen LogP contribution is -2.30. The third-order valence-electron chi connectivity index (χ3n) is 3.67. The second kappa shape index (κ2) is 8.84. The molecule has 2 aromatic rings. The Balaban J connectivity index is 1.99. The maximum atomic E-state index is 12.2. The third-order valence-corrected chi connectivity index (χ3v) is 4.23. The minimum absolute atomic E-state index is 0.0142. The molecule has 0 unspecified atom stereocenters. The molecule has 2 rings (SSSR count). The third kappa shape index (κ3) is 5.08. The Morgan fingerprint density at radius 2 is 2.00 bits per heavy atom. The number of hydrogen-bond acceptors (Lipinski definition) is 5. The Morgan fingerprint density at radius 3 is 2.62 bits per heavy atom. The van der Waals surface area contributed by atoms with Crippen LogP contribution in [0.3, 0.4) is 0 Å². The number of hydrogen-bond donors (Lipinski definition) is 2. The SMILES string of the molecule is COc1cc([N+](=O)[O-])ccc1NC(=O)CN[C@H](C)c1ccc(Cl)cc1Cl. The first kappa shape index (κ1) is 20.0. The molecule has 0 bridgehead atoms. The molecule has 0 aromatic heterocycles. The summed E-state index contributed by atoms with van der Waals surface area (Å²) in [5.74, 6) is -0.115. The number of nitro groups is 1. The molecule has 0 saturated carbocycles. The molecule has 1 amide bonds. The summed E-state index contributed by atoms with van der Waals surface area (Å²) >= 11 is 12.0. The van der Waals surface area contributed by atoms with Crippen molar-refractivity contribution in [3.05, 3.63) is 62.1 Å². The number of nitro benzene ring substituents is 1. The van der Waals surface area contributed by atoms with E-state index in [4.69, 9.17) is 27.9 Å². The molecule has 0 aliphatic heterocycles. The van der Waals surface area contributed by atoms with Gasteiger partial charge in [0.1, 0.15) is 5.75 Å². The summed E-state index contributed by atoms with van der Waals surface area (Å²) in [5.41, 5.74) is 1.04. The molecular weight excluding hydrogens is 381 g/mol. The van der Waals surface area contributed by atoms with Crippen molar-refractivity contribution in [3.63, 3.8) is 0 Å². The number of rotatable bonds is 7. The monoisotopic (exact) mass is 397 g/mol. The van der Waals surface area contributed by atoms with Crippen LogP contribution in [0.2, 0.25) is 10.0 Å². The Hall–Kier alpha value is -2.35. The van der Waals surface area contributed by atoms with Crippen molar-refractivity contribution in [2.45, 2.75) is 13.0 Å². The van der Waals surface area contributed by atoms with Crippen molar-refractivity contribution < 1.29 is 14.5 Å². The summed E-state index contributed by atoms with van der Waals surface area (Å²) in [5, 5.41) is 17.6. The number of methoxy groups -OCH3 is 1. The van der Waals surface area contributed by atoms with Crippen LogP contribution in [0.4, 0.5) is 11.4 Å². The molecule has 2 N–H and O–H groups in total. The molecule has 0 fully saturated rings. The fourth-order valence-electron chi connectivity index (χ4n) is 2.30.